The van der Waals surface area contributed by atoms with E-state index in [0.717, 1.165) is 3.83 Å². The lowest BCUT2D eigenvalue weighted by Crippen LogP contribution is -1.93. The van der Waals surface area contributed by atoms with Crippen LogP contribution in [-0.2, 0) is 13.7 Å². The van der Waals surface area contributed by atoms with Crippen LogP contribution in [0.1, 0.15) is 5.82 Å². The van der Waals surface area contributed by atoms with Gasteiger partial charge in [-0.1, -0.05) is 0 Å². The third-order valence-corrected chi connectivity index (χ3v) is 1.83. The Morgan fingerprint density at radius 3 is 2.67 bits per heavy atom. The van der Waals surface area contributed by atoms with Gasteiger partial charge in [0.2, 0.25) is 0 Å². The molecule has 1 aromatic rings. The van der Waals surface area contributed by atoms with E-state index in [2.05, 4.69) is 10.1 Å². The number of aliphatic hydroxyl groups excluding tert-OH is 1. The van der Waals surface area contributed by atoms with Gasteiger partial charge in [0.1, 0.15) is 6.61 Å². The van der Waals surface area contributed by atoms with Crippen LogP contribution in [0.25, 0.3) is 0 Å². The molecule has 1 heterocycles. The number of aromatic nitrogens is 3. The summed E-state index contributed by atoms with van der Waals surface area (Å²) in [4.78, 5) is 3.92. The molecule has 50 valence electrons. The quantitative estimate of drug-likeness (QED) is 0.697. The van der Waals surface area contributed by atoms with Gasteiger partial charge < -0.3 is 5.11 Å². The summed E-state index contributed by atoms with van der Waals surface area (Å²) in [7, 11) is 1.79. The Morgan fingerprint density at radius 2 is 2.44 bits per heavy atom. The van der Waals surface area contributed by atoms with Crippen molar-refractivity contribution in [1.29, 1.82) is 0 Å². The standard InChI is InChI=1S/C4H6IN3O/c1-8-4(5)6-3(2-9)7-8/h9H,2H2,1H3. The lowest BCUT2D eigenvalue weighted by Gasteiger charge is -1.83. The van der Waals surface area contributed by atoms with Crippen molar-refractivity contribution in [2.75, 3.05) is 0 Å². The number of aryl methyl sites for hydroxylation is 1. The Labute approximate surface area is 66.0 Å². The first-order valence-corrected chi connectivity index (χ1v) is 3.48. The molecule has 4 nitrogen and oxygen atoms in total. The Balaban J connectivity index is 2.98. The van der Waals surface area contributed by atoms with Crippen LogP contribution in [0.5, 0.6) is 0 Å². The highest BCUT2D eigenvalue weighted by Crippen LogP contribution is 1.98. The second-order valence-electron chi connectivity index (χ2n) is 1.58. The number of halogens is 1. The average Bonchev–Trinajstić information content (AvgIpc) is 2.13. The lowest BCUT2D eigenvalue weighted by atomic mass is 10.7. The molecule has 1 rings (SSSR count). The number of nitrogens with zero attached hydrogens (tertiary/aromatic N) is 3. The smallest absolute Gasteiger partial charge is 0.189 e. The van der Waals surface area contributed by atoms with Crippen LogP contribution in [0.4, 0.5) is 0 Å². The molecular weight excluding hydrogens is 233 g/mol. The van der Waals surface area contributed by atoms with Gasteiger partial charge in [0.05, 0.1) is 0 Å². The SMILES string of the molecule is Cn1nc(CO)nc1I. The molecule has 0 spiro atoms. The minimum atomic E-state index is -0.0865. The van der Waals surface area contributed by atoms with Crippen LogP contribution >= 0.6 is 22.6 Å². The molecule has 0 aliphatic rings. The van der Waals surface area contributed by atoms with E-state index in [1.54, 1.807) is 11.7 Å². The van der Waals surface area contributed by atoms with Crippen molar-refractivity contribution >= 4 is 22.6 Å². The van der Waals surface area contributed by atoms with Crippen LogP contribution in [0, 0.1) is 3.83 Å². The largest absolute Gasteiger partial charge is 0.388 e. The van der Waals surface area contributed by atoms with Crippen LogP contribution in [0.15, 0.2) is 0 Å². The van der Waals surface area contributed by atoms with Crippen molar-refractivity contribution in [3.05, 3.63) is 9.66 Å². The summed E-state index contributed by atoms with van der Waals surface area (Å²) in [6, 6.07) is 0. The van der Waals surface area contributed by atoms with Gasteiger partial charge in [-0.15, -0.1) is 0 Å². The molecule has 0 radical (unpaired) electrons. The van der Waals surface area contributed by atoms with Crippen LogP contribution in [0.2, 0.25) is 0 Å². The summed E-state index contributed by atoms with van der Waals surface area (Å²) in [5.41, 5.74) is 0. The minimum Gasteiger partial charge on any atom is -0.388 e. The van der Waals surface area contributed by atoms with E-state index in [0.29, 0.717) is 5.82 Å². The van der Waals surface area contributed by atoms with E-state index in [1.165, 1.54) is 0 Å². The molecule has 1 aromatic heterocycles. The Kier molecular flexibility index (Phi) is 2.01. The topological polar surface area (TPSA) is 50.9 Å². The van der Waals surface area contributed by atoms with E-state index >= 15 is 0 Å². The third-order valence-electron chi connectivity index (χ3n) is 0.895. The predicted molar refractivity (Wildman–Crippen MR) is 39.6 cm³/mol. The van der Waals surface area contributed by atoms with E-state index in [9.17, 15) is 0 Å². The van der Waals surface area contributed by atoms with Crippen molar-refractivity contribution in [3.8, 4) is 0 Å². The van der Waals surface area contributed by atoms with E-state index in [4.69, 9.17) is 5.11 Å². The molecule has 0 unspecified atom stereocenters. The monoisotopic (exact) mass is 239 g/mol. The first-order chi connectivity index (χ1) is 4.24. The maximum atomic E-state index is 8.53. The van der Waals surface area contributed by atoms with Crippen LogP contribution in [-0.4, -0.2) is 19.9 Å². The first kappa shape index (κ1) is 6.94. The first-order valence-electron chi connectivity index (χ1n) is 2.40. The van der Waals surface area contributed by atoms with E-state index in [-0.39, 0.29) is 6.61 Å². The molecule has 9 heavy (non-hydrogen) atoms. The molecule has 5 heteroatoms. The Bertz CT molecular complexity index is 190. The van der Waals surface area contributed by atoms with Crippen molar-refractivity contribution in [2.24, 2.45) is 7.05 Å². The van der Waals surface area contributed by atoms with Crippen molar-refractivity contribution in [1.82, 2.24) is 14.8 Å². The van der Waals surface area contributed by atoms with Gasteiger partial charge in [-0.3, -0.25) is 0 Å². The fourth-order valence-corrected chi connectivity index (χ4v) is 0.869. The van der Waals surface area contributed by atoms with Gasteiger partial charge in [-0.25, -0.2) is 9.67 Å². The molecule has 0 fully saturated rings. The summed E-state index contributed by atoms with van der Waals surface area (Å²) < 4.78 is 2.41. The van der Waals surface area contributed by atoms with Gasteiger partial charge in [0, 0.05) is 29.6 Å². The van der Waals surface area contributed by atoms with Gasteiger partial charge in [-0.05, 0) is 0 Å². The molecule has 0 aliphatic heterocycles. The van der Waals surface area contributed by atoms with Gasteiger partial charge in [0.25, 0.3) is 0 Å². The van der Waals surface area contributed by atoms with Crippen molar-refractivity contribution < 1.29 is 5.11 Å². The van der Waals surface area contributed by atoms with E-state index in [1.807, 2.05) is 22.6 Å². The van der Waals surface area contributed by atoms with Gasteiger partial charge in [0.15, 0.2) is 9.66 Å². The summed E-state index contributed by atoms with van der Waals surface area (Å²) in [5, 5.41) is 12.4. The molecule has 0 saturated carbocycles. The molecule has 0 atom stereocenters. The second kappa shape index (κ2) is 2.61. The zero-order chi connectivity index (χ0) is 6.85. The third kappa shape index (κ3) is 1.39. The van der Waals surface area contributed by atoms with Crippen LogP contribution in [0.3, 0.4) is 0 Å². The highest BCUT2D eigenvalue weighted by atomic mass is 127. The number of hydrogen-bond acceptors (Lipinski definition) is 3. The number of rotatable bonds is 1. The van der Waals surface area contributed by atoms with Gasteiger partial charge >= 0.3 is 0 Å². The molecule has 0 amide bonds. The number of hydrogen-bond donors (Lipinski definition) is 1. The summed E-state index contributed by atoms with van der Waals surface area (Å²) in [5.74, 6) is 0.474. The maximum absolute atomic E-state index is 8.53. The van der Waals surface area contributed by atoms with Gasteiger partial charge in [-0.2, -0.15) is 5.10 Å². The Morgan fingerprint density at radius 1 is 1.78 bits per heavy atom. The normalized spacial score (nSPS) is 10.1. The fraction of sp³-hybridized carbons (Fsp3) is 0.500. The Hall–Kier alpha value is -0.170. The predicted octanol–water partition coefficient (Wildman–Crippen LogP) is -0.0880. The summed E-state index contributed by atoms with van der Waals surface area (Å²) >= 11 is 2.05. The molecule has 1 N–H and O–H groups in total. The highest BCUT2D eigenvalue weighted by Gasteiger charge is 2.00. The molecule has 0 aromatic carbocycles. The van der Waals surface area contributed by atoms with Crippen molar-refractivity contribution in [3.63, 3.8) is 0 Å². The molecule has 0 aliphatic carbocycles. The molecule has 0 bridgehead atoms. The molecular formula is C4H6IN3O. The minimum absolute atomic E-state index is 0.0865. The van der Waals surface area contributed by atoms with Crippen molar-refractivity contribution in [2.45, 2.75) is 6.61 Å². The summed E-state index contributed by atoms with van der Waals surface area (Å²) in [6.45, 7) is -0.0865. The average molecular weight is 239 g/mol. The summed E-state index contributed by atoms with van der Waals surface area (Å²) in [6.07, 6.45) is 0. The zero-order valence-electron chi connectivity index (χ0n) is 4.87. The van der Waals surface area contributed by atoms with E-state index < -0.39 is 0 Å². The second-order valence-corrected chi connectivity index (χ2v) is 2.54. The molecule has 0 saturated heterocycles. The highest BCUT2D eigenvalue weighted by molar-refractivity contribution is 14.1. The number of aliphatic hydroxyl groups is 1. The zero-order valence-corrected chi connectivity index (χ0v) is 7.03. The van der Waals surface area contributed by atoms with Crippen LogP contribution < -0.4 is 0 Å². The maximum Gasteiger partial charge on any atom is 0.189 e. The fourth-order valence-electron chi connectivity index (χ4n) is 0.483. The lowest BCUT2D eigenvalue weighted by molar-refractivity contribution is 0.271.